The average molecular weight is 324 g/mol. The molecule has 1 atom stereocenters. The molecule has 0 radical (unpaired) electrons. The van der Waals surface area contributed by atoms with Gasteiger partial charge in [-0.1, -0.05) is 49.0 Å². The first-order valence-electron chi connectivity index (χ1n) is 6.85. The SMILES string of the molecule is C=C(CC(O)C(F)(F)F)C(=O)OCc1cccc2ccccc12. The number of esters is 1. The molecule has 0 saturated carbocycles. The molecule has 1 N–H and O–H groups in total. The number of carbonyl (C=O) groups excluding carboxylic acids is 1. The number of aliphatic hydroxyl groups excluding tert-OH is 1. The molecule has 0 fully saturated rings. The van der Waals surface area contributed by atoms with Gasteiger partial charge >= 0.3 is 12.1 Å². The zero-order valence-corrected chi connectivity index (χ0v) is 12.1. The van der Waals surface area contributed by atoms with E-state index < -0.39 is 30.2 Å². The number of fused-ring (bicyclic) bond motifs is 1. The summed E-state index contributed by atoms with van der Waals surface area (Å²) in [4.78, 5) is 11.7. The molecule has 0 amide bonds. The molecule has 1 unspecified atom stereocenters. The van der Waals surface area contributed by atoms with Crippen molar-refractivity contribution < 1.29 is 27.8 Å². The molecule has 122 valence electrons. The van der Waals surface area contributed by atoms with E-state index in [-0.39, 0.29) is 6.61 Å². The summed E-state index contributed by atoms with van der Waals surface area (Å²) in [6.45, 7) is 3.17. The van der Waals surface area contributed by atoms with Crippen LogP contribution in [0.2, 0.25) is 0 Å². The second-order valence-electron chi connectivity index (χ2n) is 5.08. The van der Waals surface area contributed by atoms with Crippen LogP contribution in [0.3, 0.4) is 0 Å². The minimum Gasteiger partial charge on any atom is -0.457 e. The van der Waals surface area contributed by atoms with Crippen LogP contribution >= 0.6 is 0 Å². The zero-order valence-electron chi connectivity index (χ0n) is 12.1. The Kier molecular flexibility index (Phi) is 5.05. The third-order valence-electron chi connectivity index (χ3n) is 3.34. The van der Waals surface area contributed by atoms with Crippen molar-refractivity contribution in [3.63, 3.8) is 0 Å². The molecule has 0 aliphatic heterocycles. The third-order valence-corrected chi connectivity index (χ3v) is 3.34. The Labute approximate surface area is 131 Å². The number of hydrogen-bond donors (Lipinski definition) is 1. The van der Waals surface area contributed by atoms with E-state index in [1.54, 1.807) is 12.1 Å². The van der Waals surface area contributed by atoms with Crippen molar-refractivity contribution >= 4 is 16.7 Å². The number of aliphatic hydroxyl groups is 1. The third kappa shape index (κ3) is 4.32. The summed E-state index contributed by atoms with van der Waals surface area (Å²) in [6.07, 6.45) is -8.32. The van der Waals surface area contributed by atoms with Gasteiger partial charge in [-0.05, 0) is 16.3 Å². The van der Waals surface area contributed by atoms with E-state index >= 15 is 0 Å². The first-order valence-corrected chi connectivity index (χ1v) is 6.85. The van der Waals surface area contributed by atoms with Crippen molar-refractivity contribution in [3.8, 4) is 0 Å². The fourth-order valence-corrected chi connectivity index (χ4v) is 2.10. The lowest BCUT2D eigenvalue weighted by Gasteiger charge is -2.15. The summed E-state index contributed by atoms with van der Waals surface area (Å²) in [5.41, 5.74) is 0.315. The van der Waals surface area contributed by atoms with Gasteiger partial charge in [0.25, 0.3) is 0 Å². The van der Waals surface area contributed by atoms with Gasteiger partial charge in [-0.3, -0.25) is 0 Å². The molecule has 2 aromatic carbocycles. The molecule has 23 heavy (non-hydrogen) atoms. The van der Waals surface area contributed by atoms with Crippen molar-refractivity contribution in [2.24, 2.45) is 0 Å². The fraction of sp³-hybridized carbons (Fsp3) is 0.235. The maximum atomic E-state index is 12.3. The number of benzene rings is 2. The standard InChI is InChI=1S/C17H15F3O3/c1-11(9-15(21)17(18,19)20)16(22)23-10-13-7-4-6-12-5-2-3-8-14(12)13/h2-8,15,21H,1,9-10H2. The molecular weight excluding hydrogens is 309 g/mol. The van der Waals surface area contributed by atoms with E-state index in [2.05, 4.69) is 6.58 Å². The highest BCUT2D eigenvalue weighted by atomic mass is 19.4. The zero-order chi connectivity index (χ0) is 17.0. The monoisotopic (exact) mass is 324 g/mol. The van der Waals surface area contributed by atoms with Gasteiger partial charge in [0.05, 0.1) is 0 Å². The van der Waals surface area contributed by atoms with E-state index in [0.717, 1.165) is 16.3 Å². The molecule has 0 aliphatic carbocycles. The first kappa shape index (κ1) is 17.0. The average Bonchev–Trinajstić information content (AvgIpc) is 2.51. The highest BCUT2D eigenvalue weighted by molar-refractivity contribution is 5.89. The Bertz CT molecular complexity index is 717. The Morgan fingerprint density at radius 3 is 2.52 bits per heavy atom. The van der Waals surface area contributed by atoms with Gasteiger partial charge in [0.2, 0.25) is 0 Å². The maximum absolute atomic E-state index is 12.3. The van der Waals surface area contributed by atoms with Gasteiger partial charge in [-0.15, -0.1) is 0 Å². The Hall–Kier alpha value is -2.34. The van der Waals surface area contributed by atoms with Crippen molar-refractivity contribution in [1.82, 2.24) is 0 Å². The van der Waals surface area contributed by atoms with Crippen LogP contribution in [0.4, 0.5) is 13.2 Å². The Morgan fingerprint density at radius 2 is 1.83 bits per heavy atom. The Morgan fingerprint density at radius 1 is 1.17 bits per heavy atom. The molecule has 0 bridgehead atoms. The number of hydrogen-bond acceptors (Lipinski definition) is 3. The molecule has 2 rings (SSSR count). The lowest BCUT2D eigenvalue weighted by molar-refractivity contribution is -0.203. The van der Waals surface area contributed by atoms with Crippen molar-refractivity contribution in [2.75, 3.05) is 0 Å². The summed E-state index contributed by atoms with van der Waals surface area (Å²) in [7, 11) is 0. The van der Waals surface area contributed by atoms with Gasteiger partial charge in [-0.25, -0.2) is 4.79 Å². The highest BCUT2D eigenvalue weighted by Crippen LogP contribution is 2.25. The quantitative estimate of drug-likeness (QED) is 0.673. The molecule has 3 nitrogen and oxygen atoms in total. The summed E-state index contributed by atoms with van der Waals surface area (Å²) < 4.78 is 41.8. The summed E-state index contributed by atoms with van der Waals surface area (Å²) in [5.74, 6) is -0.957. The number of rotatable bonds is 5. The van der Waals surface area contributed by atoms with E-state index in [1.165, 1.54) is 0 Å². The predicted octanol–water partition coefficient (Wildman–Crippen LogP) is 3.75. The van der Waals surface area contributed by atoms with E-state index in [1.807, 2.05) is 30.3 Å². The topological polar surface area (TPSA) is 46.5 Å². The summed E-state index contributed by atoms with van der Waals surface area (Å²) >= 11 is 0. The predicted molar refractivity (Wildman–Crippen MR) is 79.6 cm³/mol. The number of ether oxygens (including phenoxy) is 1. The smallest absolute Gasteiger partial charge is 0.414 e. The Balaban J connectivity index is 2.00. The molecule has 6 heteroatoms. The molecular formula is C17H15F3O3. The van der Waals surface area contributed by atoms with Crippen LogP contribution in [0.15, 0.2) is 54.6 Å². The van der Waals surface area contributed by atoms with Gasteiger partial charge in [0.1, 0.15) is 6.61 Å². The van der Waals surface area contributed by atoms with Crippen molar-refractivity contribution in [1.29, 1.82) is 0 Å². The van der Waals surface area contributed by atoms with E-state index in [9.17, 15) is 18.0 Å². The van der Waals surface area contributed by atoms with Gasteiger partial charge in [0.15, 0.2) is 6.10 Å². The minimum atomic E-state index is -4.79. The van der Waals surface area contributed by atoms with Crippen molar-refractivity contribution in [3.05, 3.63) is 60.2 Å². The largest absolute Gasteiger partial charge is 0.457 e. The van der Waals surface area contributed by atoms with Crippen LogP contribution in [-0.2, 0) is 16.1 Å². The summed E-state index contributed by atoms with van der Waals surface area (Å²) in [6, 6.07) is 12.9. The van der Waals surface area contributed by atoms with Crippen LogP contribution in [0, 0.1) is 0 Å². The van der Waals surface area contributed by atoms with Gasteiger partial charge in [-0.2, -0.15) is 13.2 Å². The molecule has 0 aromatic heterocycles. The maximum Gasteiger partial charge on any atom is 0.414 e. The van der Waals surface area contributed by atoms with Crippen LogP contribution in [0.5, 0.6) is 0 Å². The van der Waals surface area contributed by atoms with Gasteiger partial charge < -0.3 is 9.84 Å². The number of alkyl halides is 3. The lowest BCUT2D eigenvalue weighted by atomic mass is 10.1. The molecule has 0 saturated heterocycles. The molecule has 0 aliphatic rings. The van der Waals surface area contributed by atoms with Gasteiger partial charge in [0, 0.05) is 12.0 Å². The lowest BCUT2D eigenvalue weighted by Crippen LogP contribution is -2.30. The summed E-state index contributed by atoms with van der Waals surface area (Å²) in [5, 5.41) is 10.8. The van der Waals surface area contributed by atoms with Crippen LogP contribution in [-0.4, -0.2) is 23.4 Å². The first-order chi connectivity index (χ1) is 10.8. The number of carbonyl (C=O) groups is 1. The number of halogens is 3. The van der Waals surface area contributed by atoms with Crippen LogP contribution < -0.4 is 0 Å². The molecule has 0 spiro atoms. The van der Waals surface area contributed by atoms with Crippen LogP contribution in [0.25, 0.3) is 10.8 Å². The van der Waals surface area contributed by atoms with E-state index in [4.69, 9.17) is 9.84 Å². The second kappa shape index (κ2) is 6.83. The fourth-order valence-electron chi connectivity index (χ4n) is 2.10. The van der Waals surface area contributed by atoms with Crippen molar-refractivity contribution in [2.45, 2.75) is 25.3 Å². The van der Waals surface area contributed by atoms with Crippen LogP contribution in [0.1, 0.15) is 12.0 Å². The van der Waals surface area contributed by atoms with E-state index in [0.29, 0.717) is 0 Å². The second-order valence-corrected chi connectivity index (χ2v) is 5.08. The minimum absolute atomic E-state index is 0.0820. The highest BCUT2D eigenvalue weighted by Gasteiger charge is 2.39. The molecule has 0 heterocycles. The molecule has 2 aromatic rings. The normalized spacial score (nSPS) is 12.9.